The number of amides is 1. The smallest absolute Gasteiger partial charge is 0.226 e. The van der Waals surface area contributed by atoms with Crippen LogP contribution < -0.4 is 14.8 Å². The van der Waals surface area contributed by atoms with E-state index in [4.69, 9.17) is 9.47 Å². The molecule has 1 atom stereocenters. The van der Waals surface area contributed by atoms with Crippen LogP contribution in [0.1, 0.15) is 23.5 Å². The van der Waals surface area contributed by atoms with Crippen LogP contribution in [-0.2, 0) is 4.79 Å². The summed E-state index contributed by atoms with van der Waals surface area (Å²) in [7, 11) is 3.23. The van der Waals surface area contributed by atoms with Gasteiger partial charge >= 0.3 is 0 Å². The Bertz CT molecular complexity index is 1200. The van der Waals surface area contributed by atoms with Crippen LogP contribution in [0.15, 0.2) is 48.7 Å². The largest absolute Gasteiger partial charge is 0.497 e. The van der Waals surface area contributed by atoms with Gasteiger partial charge in [-0.3, -0.25) is 4.79 Å². The van der Waals surface area contributed by atoms with Crippen molar-refractivity contribution >= 4 is 33.3 Å². The van der Waals surface area contributed by atoms with Gasteiger partial charge in [-0.1, -0.05) is 29.5 Å². The highest BCUT2D eigenvalue weighted by molar-refractivity contribution is 7.20. The van der Waals surface area contributed by atoms with Crippen LogP contribution in [0.4, 0.5) is 5.82 Å². The predicted molar refractivity (Wildman–Crippen MR) is 111 cm³/mol. The van der Waals surface area contributed by atoms with Crippen molar-refractivity contribution < 1.29 is 14.3 Å². The van der Waals surface area contributed by atoms with Gasteiger partial charge in [-0.15, -0.1) is 0 Å². The van der Waals surface area contributed by atoms with Crippen LogP contribution in [0, 0.1) is 0 Å². The van der Waals surface area contributed by atoms with Crippen LogP contribution in [0.3, 0.4) is 0 Å². The van der Waals surface area contributed by atoms with E-state index in [-0.39, 0.29) is 11.8 Å². The maximum atomic E-state index is 12.6. The molecule has 8 heteroatoms. The number of methoxy groups -OCH3 is 2. The van der Waals surface area contributed by atoms with Crippen molar-refractivity contribution in [3.05, 3.63) is 59.8 Å². The molecule has 1 aliphatic rings. The molecule has 0 saturated carbocycles. The Morgan fingerprint density at radius 1 is 1.14 bits per heavy atom. The lowest BCUT2D eigenvalue weighted by Crippen LogP contribution is -2.24. The molecule has 2 aromatic heterocycles. The fourth-order valence-corrected chi connectivity index (χ4v) is 4.63. The molecule has 4 aromatic rings. The molecule has 0 saturated heterocycles. The number of nitrogens with zero attached hydrogens (tertiary/aromatic N) is 3. The van der Waals surface area contributed by atoms with Gasteiger partial charge in [0.05, 0.1) is 30.6 Å². The first-order valence-corrected chi connectivity index (χ1v) is 9.95. The number of aromatic nitrogens is 3. The average molecular weight is 406 g/mol. The molecule has 5 rings (SSSR count). The Labute approximate surface area is 170 Å². The minimum absolute atomic E-state index is 0.0665. The second-order valence-corrected chi connectivity index (χ2v) is 7.75. The first-order valence-electron chi connectivity index (χ1n) is 9.13. The molecule has 0 aliphatic carbocycles. The number of carbonyl (C=O) groups excluding carboxylic acids is 1. The number of anilines is 1. The third-order valence-electron chi connectivity index (χ3n) is 5.10. The number of rotatable bonds is 4. The maximum absolute atomic E-state index is 12.6. The fourth-order valence-electron chi connectivity index (χ4n) is 3.70. The lowest BCUT2D eigenvalue weighted by Gasteiger charge is -2.25. The molecule has 1 N–H and O–H groups in total. The molecule has 0 fully saturated rings. The summed E-state index contributed by atoms with van der Waals surface area (Å²) < 4.78 is 13.7. The molecule has 29 heavy (non-hydrogen) atoms. The van der Waals surface area contributed by atoms with E-state index in [0.717, 1.165) is 26.5 Å². The van der Waals surface area contributed by atoms with Gasteiger partial charge in [0, 0.05) is 29.5 Å². The number of thiazole rings is 1. The van der Waals surface area contributed by atoms with Crippen LogP contribution in [-0.4, -0.2) is 34.9 Å². The van der Waals surface area contributed by atoms with Crippen molar-refractivity contribution in [1.29, 1.82) is 0 Å². The van der Waals surface area contributed by atoms with Gasteiger partial charge in [0.25, 0.3) is 0 Å². The SMILES string of the molecule is COc1ccc([C@H]2CC(=O)Nc3c2cnn3-c2nc3ccccc3s2)c(OC)c1. The highest BCUT2D eigenvalue weighted by atomic mass is 32.1. The molecule has 1 amide bonds. The molecule has 0 radical (unpaired) electrons. The second kappa shape index (κ2) is 6.89. The standard InChI is InChI=1S/C21H18N4O3S/c1-27-12-7-8-13(17(9-12)28-2)14-10-19(26)24-20-15(14)11-22-25(20)21-23-16-5-3-4-6-18(16)29-21/h3-9,11,14H,10H2,1-2H3,(H,24,26)/t14-/m1/s1. The molecule has 0 unspecified atom stereocenters. The van der Waals surface area contributed by atoms with E-state index < -0.39 is 0 Å². The third-order valence-corrected chi connectivity index (χ3v) is 6.11. The molecule has 2 aromatic carbocycles. The lowest BCUT2D eigenvalue weighted by atomic mass is 9.86. The van der Waals surface area contributed by atoms with Gasteiger partial charge < -0.3 is 14.8 Å². The number of ether oxygens (including phenoxy) is 2. The Morgan fingerprint density at radius 2 is 2.00 bits per heavy atom. The van der Waals surface area contributed by atoms with E-state index in [1.54, 1.807) is 25.1 Å². The predicted octanol–water partition coefficient (Wildman–Crippen LogP) is 3.97. The highest BCUT2D eigenvalue weighted by Gasteiger charge is 2.32. The Kier molecular flexibility index (Phi) is 4.21. The average Bonchev–Trinajstić information content (AvgIpc) is 3.36. The Hall–Kier alpha value is -3.39. The van der Waals surface area contributed by atoms with Crippen LogP contribution in [0.5, 0.6) is 11.5 Å². The summed E-state index contributed by atoms with van der Waals surface area (Å²) in [6.45, 7) is 0. The van der Waals surface area contributed by atoms with Crippen molar-refractivity contribution in [3.63, 3.8) is 0 Å². The zero-order valence-electron chi connectivity index (χ0n) is 15.9. The van der Waals surface area contributed by atoms with E-state index in [9.17, 15) is 4.79 Å². The van der Waals surface area contributed by atoms with Crippen molar-refractivity contribution in [2.75, 3.05) is 19.5 Å². The number of hydrogen-bond acceptors (Lipinski definition) is 6. The fraction of sp³-hybridized carbons (Fsp3) is 0.190. The van der Waals surface area contributed by atoms with Gasteiger partial charge in [-0.05, 0) is 18.2 Å². The normalized spacial score (nSPS) is 15.8. The number of benzene rings is 2. The van der Waals surface area contributed by atoms with Gasteiger partial charge in [0.2, 0.25) is 11.0 Å². The zero-order valence-corrected chi connectivity index (χ0v) is 16.7. The summed E-state index contributed by atoms with van der Waals surface area (Å²) in [5.74, 6) is 1.81. The van der Waals surface area contributed by atoms with Gasteiger partial charge in [-0.25, -0.2) is 4.98 Å². The molecule has 0 spiro atoms. The number of nitrogens with one attached hydrogen (secondary N) is 1. The van der Waals surface area contributed by atoms with Gasteiger partial charge in [-0.2, -0.15) is 9.78 Å². The Balaban J connectivity index is 1.62. The van der Waals surface area contributed by atoms with Crippen molar-refractivity contribution in [2.45, 2.75) is 12.3 Å². The third kappa shape index (κ3) is 2.92. The number of para-hydroxylation sites is 1. The maximum Gasteiger partial charge on any atom is 0.226 e. The first-order chi connectivity index (χ1) is 14.2. The molecular formula is C21H18N4O3S. The van der Waals surface area contributed by atoms with E-state index >= 15 is 0 Å². The first kappa shape index (κ1) is 17.7. The molecular weight excluding hydrogens is 388 g/mol. The van der Waals surface area contributed by atoms with Crippen LogP contribution >= 0.6 is 11.3 Å². The zero-order chi connectivity index (χ0) is 20.0. The van der Waals surface area contributed by atoms with Gasteiger partial charge in [0.1, 0.15) is 17.3 Å². The second-order valence-electron chi connectivity index (χ2n) is 6.74. The van der Waals surface area contributed by atoms with E-state index in [0.29, 0.717) is 23.7 Å². The molecule has 7 nitrogen and oxygen atoms in total. The minimum atomic E-state index is -0.164. The van der Waals surface area contributed by atoms with Crippen molar-refractivity contribution in [1.82, 2.24) is 14.8 Å². The monoisotopic (exact) mass is 406 g/mol. The van der Waals surface area contributed by atoms with E-state index in [1.165, 1.54) is 11.3 Å². The molecule has 146 valence electrons. The quantitative estimate of drug-likeness (QED) is 0.555. The molecule has 3 heterocycles. The van der Waals surface area contributed by atoms with Crippen molar-refractivity contribution in [3.8, 4) is 16.6 Å². The summed E-state index contributed by atoms with van der Waals surface area (Å²) in [5, 5.41) is 8.24. The summed E-state index contributed by atoms with van der Waals surface area (Å²) in [6, 6.07) is 13.6. The van der Waals surface area contributed by atoms with Crippen LogP contribution in [0.2, 0.25) is 0 Å². The molecule has 1 aliphatic heterocycles. The summed E-state index contributed by atoms with van der Waals surface area (Å²) >= 11 is 1.54. The summed E-state index contributed by atoms with van der Waals surface area (Å²) in [4.78, 5) is 17.2. The number of hydrogen-bond donors (Lipinski definition) is 1. The number of carbonyl (C=O) groups is 1. The van der Waals surface area contributed by atoms with Crippen molar-refractivity contribution in [2.24, 2.45) is 0 Å². The number of fused-ring (bicyclic) bond motifs is 2. The topological polar surface area (TPSA) is 78.3 Å². The summed E-state index contributed by atoms with van der Waals surface area (Å²) in [6.07, 6.45) is 2.12. The minimum Gasteiger partial charge on any atom is -0.497 e. The van der Waals surface area contributed by atoms with Crippen LogP contribution in [0.25, 0.3) is 15.3 Å². The highest BCUT2D eigenvalue weighted by Crippen LogP contribution is 2.42. The van der Waals surface area contributed by atoms with E-state index in [1.807, 2.05) is 42.5 Å². The summed E-state index contributed by atoms with van der Waals surface area (Å²) in [5.41, 5.74) is 2.77. The van der Waals surface area contributed by atoms with Gasteiger partial charge in [0.15, 0.2) is 0 Å². The molecule has 0 bridgehead atoms. The Morgan fingerprint density at radius 3 is 2.79 bits per heavy atom. The lowest BCUT2D eigenvalue weighted by molar-refractivity contribution is -0.116. The van der Waals surface area contributed by atoms with E-state index in [2.05, 4.69) is 15.4 Å².